The average molecular weight is 282 g/mol. The molecule has 0 spiro atoms. The molecule has 4 nitrogen and oxygen atoms in total. The summed E-state index contributed by atoms with van der Waals surface area (Å²) < 4.78 is 1.66. The molecule has 1 N–H and O–H groups in total. The molecule has 0 aliphatic rings. The molecule has 0 amide bonds. The SMILES string of the molecule is CC(O)CCn1cnc(Cl)c(Br)c1=O. The third-order valence-corrected chi connectivity index (χ3v) is 2.96. The molecule has 1 unspecified atom stereocenters. The number of aromatic nitrogens is 2. The van der Waals surface area contributed by atoms with Gasteiger partial charge in [-0.25, -0.2) is 4.98 Å². The lowest BCUT2D eigenvalue weighted by Gasteiger charge is -2.07. The van der Waals surface area contributed by atoms with Crippen LogP contribution < -0.4 is 5.56 Å². The molecule has 0 aliphatic heterocycles. The van der Waals surface area contributed by atoms with Crippen molar-refractivity contribution in [1.82, 2.24) is 9.55 Å². The molecule has 0 fully saturated rings. The average Bonchev–Trinajstić information content (AvgIpc) is 2.13. The number of rotatable bonds is 3. The van der Waals surface area contributed by atoms with Gasteiger partial charge in [0.2, 0.25) is 0 Å². The lowest BCUT2D eigenvalue weighted by Crippen LogP contribution is -2.23. The summed E-state index contributed by atoms with van der Waals surface area (Å²) in [6.07, 6.45) is 1.45. The maximum atomic E-state index is 11.5. The van der Waals surface area contributed by atoms with Crippen molar-refractivity contribution in [3.8, 4) is 0 Å². The number of aliphatic hydroxyl groups is 1. The predicted molar refractivity (Wildman–Crippen MR) is 57.5 cm³/mol. The van der Waals surface area contributed by atoms with Crippen molar-refractivity contribution in [3.63, 3.8) is 0 Å². The Morgan fingerprint density at radius 2 is 2.43 bits per heavy atom. The summed E-state index contributed by atoms with van der Waals surface area (Å²) in [5.41, 5.74) is -0.231. The summed E-state index contributed by atoms with van der Waals surface area (Å²) in [5.74, 6) is 0. The van der Waals surface area contributed by atoms with E-state index in [2.05, 4.69) is 20.9 Å². The van der Waals surface area contributed by atoms with Crippen LogP contribution in [0.15, 0.2) is 15.6 Å². The summed E-state index contributed by atoms with van der Waals surface area (Å²) in [6.45, 7) is 2.10. The Hall–Kier alpha value is -0.390. The number of hydrogen-bond donors (Lipinski definition) is 1. The molecule has 6 heteroatoms. The van der Waals surface area contributed by atoms with Gasteiger partial charge in [0, 0.05) is 6.54 Å². The molecule has 0 aromatic carbocycles. The number of nitrogens with zero attached hydrogens (tertiary/aromatic N) is 2. The van der Waals surface area contributed by atoms with Gasteiger partial charge in [-0.1, -0.05) is 11.6 Å². The fraction of sp³-hybridized carbons (Fsp3) is 0.500. The van der Waals surface area contributed by atoms with E-state index in [0.717, 1.165) is 0 Å². The van der Waals surface area contributed by atoms with E-state index in [4.69, 9.17) is 16.7 Å². The molecule has 0 saturated heterocycles. The standard InChI is InChI=1S/C8H10BrClN2O2/c1-5(13)2-3-12-4-11-7(10)6(9)8(12)14/h4-5,13H,2-3H2,1H3. The molecule has 0 radical (unpaired) electrons. The second-order valence-corrected chi connectivity index (χ2v) is 4.14. The highest BCUT2D eigenvalue weighted by molar-refractivity contribution is 9.10. The predicted octanol–water partition coefficient (Wildman–Crippen LogP) is 1.43. The van der Waals surface area contributed by atoms with Crippen LogP contribution in [0.2, 0.25) is 5.15 Å². The van der Waals surface area contributed by atoms with Gasteiger partial charge in [-0.3, -0.25) is 9.36 Å². The summed E-state index contributed by atoms with van der Waals surface area (Å²) in [6, 6.07) is 0. The van der Waals surface area contributed by atoms with E-state index in [1.165, 1.54) is 10.9 Å². The van der Waals surface area contributed by atoms with Crippen LogP contribution in [0.4, 0.5) is 0 Å². The van der Waals surface area contributed by atoms with E-state index >= 15 is 0 Å². The quantitative estimate of drug-likeness (QED) is 0.853. The van der Waals surface area contributed by atoms with Crippen LogP contribution in [0, 0.1) is 0 Å². The number of halogens is 2. The zero-order chi connectivity index (χ0) is 10.7. The molecule has 0 saturated carbocycles. The van der Waals surface area contributed by atoms with Crippen molar-refractivity contribution in [1.29, 1.82) is 0 Å². The Bertz CT molecular complexity index is 378. The maximum Gasteiger partial charge on any atom is 0.269 e. The minimum Gasteiger partial charge on any atom is -0.393 e. The van der Waals surface area contributed by atoms with Crippen LogP contribution in [-0.2, 0) is 6.54 Å². The van der Waals surface area contributed by atoms with Crippen LogP contribution in [0.3, 0.4) is 0 Å². The Balaban J connectivity index is 2.89. The van der Waals surface area contributed by atoms with Crippen LogP contribution in [0.25, 0.3) is 0 Å². The zero-order valence-electron chi connectivity index (χ0n) is 7.57. The van der Waals surface area contributed by atoms with Crippen molar-refractivity contribution < 1.29 is 5.11 Å². The van der Waals surface area contributed by atoms with Gasteiger partial charge < -0.3 is 5.11 Å². The van der Waals surface area contributed by atoms with Crippen LogP contribution in [0.5, 0.6) is 0 Å². The molecule has 78 valence electrons. The molecule has 0 bridgehead atoms. The second-order valence-electron chi connectivity index (χ2n) is 2.99. The first-order valence-electron chi connectivity index (χ1n) is 4.11. The van der Waals surface area contributed by atoms with Crippen molar-refractivity contribution in [3.05, 3.63) is 26.3 Å². The third-order valence-electron chi connectivity index (χ3n) is 1.73. The molecule has 0 aliphatic carbocycles. The van der Waals surface area contributed by atoms with Gasteiger partial charge >= 0.3 is 0 Å². The van der Waals surface area contributed by atoms with E-state index in [-0.39, 0.29) is 15.2 Å². The second kappa shape index (κ2) is 4.91. The van der Waals surface area contributed by atoms with Crippen LogP contribution in [0.1, 0.15) is 13.3 Å². The van der Waals surface area contributed by atoms with E-state index < -0.39 is 6.10 Å². The number of aliphatic hydroxyl groups excluding tert-OH is 1. The molecule has 1 heterocycles. The highest BCUT2D eigenvalue weighted by Gasteiger charge is 2.07. The third kappa shape index (κ3) is 2.80. The molecule has 1 atom stereocenters. The number of hydrogen-bond acceptors (Lipinski definition) is 3. The summed E-state index contributed by atoms with van der Waals surface area (Å²) >= 11 is 8.67. The number of aryl methyl sites for hydroxylation is 1. The molecule has 1 rings (SSSR count). The first kappa shape index (κ1) is 11.7. The summed E-state index contributed by atoms with van der Waals surface area (Å²) in [4.78, 5) is 15.3. The first-order valence-corrected chi connectivity index (χ1v) is 5.28. The van der Waals surface area contributed by atoms with E-state index in [9.17, 15) is 4.79 Å². The maximum absolute atomic E-state index is 11.5. The highest BCUT2D eigenvalue weighted by atomic mass is 79.9. The summed E-state index contributed by atoms with van der Waals surface area (Å²) in [5, 5.41) is 9.21. The van der Waals surface area contributed by atoms with Gasteiger partial charge in [0.25, 0.3) is 5.56 Å². The Kier molecular flexibility index (Phi) is 4.10. The van der Waals surface area contributed by atoms with Crippen molar-refractivity contribution in [2.75, 3.05) is 0 Å². The summed E-state index contributed by atoms with van der Waals surface area (Å²) in [7, 11) is 0. The van der Waals surface area contributed by atoms with E-state index in [1.54, 1.807) is 6.92 Å². The Morgan fingerprint density at radius 1 is 1.79 bits per heavy atom. The van der Waals surface area contributed by atoms with Crippen LogP contribution in [-0.4, -0.2) is 20.8 Å². The molecule has 1 aromatic rings. The normalized spacial score (nSPS) is 12.9. The van der Waals surface area contributed by atoms with Gasteiger partial charge in [0.15, 0.2) is 5.15 Å². The lowest BCUT2D eigenvalue weighted by atomic mass is 10.3. The fourth-order valence-corrected chi connectivity index (χ4v) is 1.38. The van der Waals surface area contributed by atoms with Gasteiger partial charge in [0.05, 0.1) is 12.4 Å². The first-order chi connectivity index (χ1) is 6.52. The van der Waals surface area contributed by atoms with Gasteiger partial charge in [-0.2, -0.15) is 0 Å². The molecular formula is C8H10BrClN2O2. The van der Waals surface area contributed by atoms with Gasteiger partial charge in [-0.15, -0.1) is 0 Å². The monoisotopic (exact) mass is 280 g/mol. The highest BCUT2D eigenvalue weighted by Crippen LogP contribution is 2.13. The van der Waals surface area contributed by atoms with E-state index in [1.807, 2.05) is 0 Å². The smallest absolute Gasteiger partial charge is 0.269 e. The van der Waals surface area contributed by atoms with Crippen molar-refractivity contribution in [2.45, 2.75) is 26.0 Å². The molecule has 14 heavy (non-hydrogen) atoms. The van der Waals surface area contributed by atoms with Crippen LogP contribution >= 0.6 is 27.5 Å². The van der Waals surface area contributed by atoms with Gasteiger partial charge in [-0.05, 0) is 29.3 Å². The minimum absolute atomic E-state index is 0.156. The molecular weight excluding hydrogens is 271 g/mol. The van der Waals surface area contributed by atoms with Crippen molar-refractivity contribution >= 4 is 27.5 Å². The largest absolute Gasteiger partial charge is 0.393 e. The Labute approximate surface area is 94.7 Å². The zero-order valence-corrected chi connectivity index (χ0v) is 9.92. The molecule has 1 aromatic heterocycles. The van der Waals surface area contributed by atoms with Gasteiger partial charge in [0.1, 0.15) is 4.47 Å². The Morgan fingerprint density at radius 3 is 3.00 bits per heavy atom. The fourth-order valence-electron chi connectivity index (χ4n) is 0.929. The topological polar surface area (TPSA) is 55.1 Å². The lowest BCUT2D eigenvalue weighted by molar-refractivity contribution is 0.177. The van der Waals surface area contributed by atoms with Crippen molar-refractivity contribution in [2.24, 2.45) is 0 Å². The van der Waals surface area contributed by atoms with E-state index in [0.29, 0.717) is 13.0 Å². The minimum atomic E-state index is -0.434.